The lowest BCUT2D eigenvalue weighted by Crippen LogP contribution is -2.73. The predicted molar refractivity (Wildman–Crippen MR) is 83.9 cm³/mol. The van der Waals surface area contributed by atoms with Crippen LogP contribution in [0.2, 0.25) is 58.9 Å². The maximum Gasteiger partial charge on any atom is 0.0871 e. The molecule has 0 amide bonds. The standard InChI is InChI=1S/C10H29PSi3/c1-12(2,3)10(11,13(4,5)6)14(7,8)9/h11H2,1-9H3/p+1. The van der Waals surface area contributed by atoms with Crippen molar-refractivity contribution in [2.45, 2.75) is 62.9 Å². The fourth-order valence-corrected chi connectivity index (χ4v) is 30.4. The van der Waals surface area contributed by atoms with Gasteiger partial charge in [-0.15, -0.1) is 0 Å². The molecule has 0 spiro atoms. The highest BCUT2D eigenvalue weighted by Crippen LogP contribution is 2.45. The fourth-order valence-electron chi connectivity index (χ4n) is 3.38. The van der Waals surface area contributed by atoms with Gasteiger partial charge in [-0.05, 0) is 9.24 Å². The molecular formula is C10H30PSi3+. The molecule has 0 aromatic heterocycles. The molecule has 86 valence electrons. The van der Waals surface area contributed by atoms with Crippen LogP contribution in [-0.2, 0) is 0 Å². The van der Waals surface area contributed by atoms with Crippen LogP contribution in [0.5, 0.6) is 0 Å². The molecule has 1 unspecified atom stereocenters. The summed E-state index contributed by atoms with van der Waals surface area (Å²) in [5, 5.41) is 0. The second kappa shape index (κ2) is 3.83. The van der Waals surface area contributed by atoms with Crippen LogP contribution in [-0.4, -0.2) is 28.2 Å². The van der Waals surface area contributed by atoms with Crippen LogP contribution in [0.3, 0.4) is 0 Å². The summed E-state index contributed by atoms with van der Waals surface area (Å²) in [6.07, 6.45) is 0. The Morgan fingerprint density at radius 2 is 0.714 bits per heavy atom. The number of hydrogen-bond donors (Lipinski definition) is 0. The van der Waals surface area contributed by atoms with Gasteiger partial charge in [0.2, 0.25) is 0 Å². The van der Waals surface area contributed by atoms with Gasteiger partial charge in [-0.3, -0.25) is 0 Å². The molecule has 0 N–H and O–H groups in total. The monoisotopic (exact) mass is 265 g/mol. The Balaban J connectivity index is 5.54. The van der Waals surface area contributed by atoms with Crippen LogP contribution in [0.15, 0.2) is 0 Å². The van der Waals surface area contributed by atoms with Crippen molar-refractivity contribution < 1.29 is 0 Å². The Bertz CT molecular complexity index is 169. The summed E-state index contributed by atoms with van der Waals surface area (Å²) >= 11 is 0. The highest BCUT2D eigenvalue weighted by Gasteiger charge is 2.60. The molecule has 0 aromatic carbocycles. The molecule has 0 nitrogen and oxygen atoms in total. The van der Waals surface area contributed by atoms with Crippen molar-refractivity contribution in [1.29, 1.82) is 0 Å². The first-order valence-corrected chi connectivity index (χ1v) is 16.8. The molecule has 0 bridgehead atoms. The van der Waals surface area contributed by atoms with E-state index < -0.39 is 24.2 Å². The lowest BCUT2D eigenvalue weighted by molar-refractivity contribution is 1.28. The average molecular weight is 266 g/mol. The number of rotatable bonds is 3. The second-order valence-electron chi connectivity index (χ2n) is 7.66. The highest BCUT2D eigenvalue weighted by molar-refractivity contribution is 7.45. The molecule has 0 aromatic rings. The van der Waals surface area contributed by atoms with E-state index in [0.29, 0.717) is 0 Å². The summed E-state index contributed by atoms with van der Waals surface area (Å²) in [5.74, 6) is 0. The van der Waals surface area contributed by atoms with Gasteiger partial charge in [0.15, 0.2) is 0 Å². The van der Waals surface area contributed by atoms with Crippen LogP contribution < -0.4 is 0 Å². The minimum atomic E-state index is -1.05. The van der Waals surface area contributed by atoms with Crippen molar-refractivity contribution in [2.24, 2.45) is 0 Å². The summed E-state index contributed by atoms with van der Waals surface area (Å²) in [7, 11) is -0.753. The zero-order chi connectivity index (χ0) is 12.0. The molecule has 0 saturated heterocycles. The molecule has 0 aliphatic rings. The summed E-state index contributed by atoms with van der Waals surface area (Å²) in [6, 6.07) is 0. The van der Waals surface area contributed by atoms with Gasteiger partial charge < -0.3 is 0 Å². The van der Waals surface area contributed by atoms with Crippen molar-refractivity contribution in [3.05, 3.63) is 0 Å². The molecular weight excluding hydrogens is 235 g/mol. The number of hydrogen-bond acceptors (Lipinski definition) is 0. The maximum absolute atomic E-state index is 2.58. The largest absolute Gasteiger partial charge is 0.0871 e. The molecule has 0 aliphatic heterocycles. The van der Waals surface area contributed by atoms with Crippen LogP contribution in [0, 0.1) is 0 Å². The first-order valence-electron chi connectivity index (χ1n) is 5.60. The first-order chi connectivity index (χ1) is 5.75. The Labute approximate surface area is 96.5 Å². The van der Waals surface area contributed by atoms with Gasteiger partial charge in [0.1, 0.15) is 0 Å². The SMILES string of the molecule is C[Si](C)(C)C([PH3+])([Si](C)(C)C)[Si](C)(C)C. The molecule has 0 fully saturated rings. The zero-order valence-electron chi connectivity index (χ0n) is 11.7. The molecule has 0 heterocycles. The third-order valence-corrected chi connectivity index (χ3v) is 34.6. The van der Waals surface area contributed by atoms with Crippen LogP contribution in [0.25, 0.3) is 0 Å². The third-order valence-electron chi connectivity index (χ3n) is 3.84. The lowest BCUT2D eigenvalue weighted by atomic mass is 11.6. The highest BCUT2D eigenvalue weighted by atomic mass is 31.0. The van der Waals surface area contributed by atoms with Gasteiger partial charge in [0.25, 0.3) is 0 Å². The van der Waals surface area contributed by atoms with E-state index in [1.54, 1.807) is 0 Å². The van der Waals surface area contributed by atoms with Crippen molar-refractivity contribution in [2.75, 3.05) is 0 Å². The zero-order valence-corrected chi connectivity index (χ0v) is 16.1. The van der Waals surface area contributed by atoms with E-state index in [4.69, 9.17) is 0 Å². The normalized spacial score (nSPS) is 16.1. The van der Waals surface area contributed by atoms with E-state index in [1.165, 1.54) is 0 Å². The molecule has 0 saturated carbocycles. The molecule has 1 atom stereocenters. The molecule has 4 heteroatoms. The van der Waals surface area contributed by atoms with Gasteiger partial charge in [0, 0.05) is 4.03 Å². The van der Waals surface area contributed by atoms with Crippen molar-refractivity contribution in [3.8, 4) is 0 Å². The van der Waals surface area contributed by atoms with E-state index in [2.05, 4.69) is 68.2 Å². The average Bonchev–Trinajstić information content (AvgIpc) is 1.77. The summed E-state index contributed by atoms with van der Waals surface area (Å²) in [6.45, 7) is 23.2. The van der Waals surface area contributed by atoms with Gasteiger partial charge in [-0.2, -0.15) is 0 Å². The maximum atomic E-state index is 2.58. The van der Waals surface area contributed by atoms with Gasteiger partial charge in [0.05, 0.1) is 24.2 Å². The third kappa shape index (κ3) is 2.42. The van der Waals surface area contributed by atoms with E-state index in [1.807, 2.05) is 0 Å². The Morgan fingerprint density at radius 3 is 0.714 bits per heavy atom. The quantitative estimate of drug-likeness (QED) is 0.535. The lowest BCUT2D eigenvalue weighted by Gasteiger charge is -2.52. The molecule has 0 radical (unpaired) electrons. The predicted octanol–water partition coefficient (Wildman–Crippen LogP) is 3.96. The molecule has 0 rings (SSSR count). The molecule has 0 aliphatic carbocycles. The van der Waals surface area contributed by atoms with E-state index in [9.17, 15) is 0 Å². The van der Waals surface area contributed by atoms with Crippen molar-refractivity contribution in [1.82, 2.24) is 0 Å². The Kier molecular flexibility index (Phi) is 4.13. The smallest absolute Gasteiger partial charge is 0.0664 e. The minimum absolute atomic E-state index is 0.757. The summed E-state index contributed by atoms with van der Waals surface area (Å²) in [5.41, 5.74) is 0. The van der Waals surface area contributed by atoms with Crippen LogP contribution in [0.4, 0.5) is 0 Å². The van der Waals surface area contributed by atoms with Crippen LogP contribution >= 0.6 is 9.24 Å². The van der Waals surface area contributed by atoms with Crippen LogP contribution in [0.1, 0.15) is 0 Å². The topological polar surface area (TPSA) is 0 Å². The molecule has 14 heavy (non-hydrogen) atoms. The van der Waals surface area contributed by atoms with Gasteiger partial charge in [-0.25, -0.2) is 0 Å². The van der Waals surface area contributed by atoms with Crippen molar-refractivity contribution in [3.63, 3.8) is 0 Å². The van der Waals surface area contributed by atoms with Crippen molar-refractivity contribution >= 4 is 33.5 Å². The van der Waals surface area contributed by atoms with Gasteiger partial charge in [-0.1, -0.05) is 58.9 Å². The summed E-state index contributed by atoms with van der Waals surface area (Å²) < 4.78 is 0.757. The second-order valence-corrected chi connectivity index (χ2v) is 28.4. The first kappa shape index (κ1) is 15.1. The Hall–Kier alpha value is 1.08. The van der Waals surface area contributed by atoms with Gasteiger partial charge >= 0.3 is 0 Å². The van der Waals surface area contributed by atoms with E-state index in [-0.39, 0.29) is 0 Å². The minimum Gasteiger partial charge on any atom is -0.0664 e. The van der Waals surface area contributed by atoms with E-state index >= 15 is 0 Å². The van der Waals surface area contributed by atoms with E-state index in [0.717, 1.165) is 4.03 Å². The summed E-state index contributed by atoms with van der Waals surface area (Å²) in [4.78, 5) is 0. The Morgan fingerprint density at radius 1 is 0.571 bits per heavy atom. The fraction of sp³-hybridized carbons (Fsp3) is 1.00.